The van der Waals surface area contributed by atoms with Gasteiger partial charge in [-0.1, -0.05) is 18.2 Å². The molecule has 0 saturated carbocycles. The molecule has 1 rings (SSSR count). The fraction of sp³-hybridized carbons (Fsp3) is 0.462. The fourth-order valence-electron chi connectivity index (χ4n) is 1.03. The maximum atomic E-state index is 10.2. The summed E-state index contributed by atoms with van der Waals surface area (Å²) in [4.78, 5) is 10.2. The first-order valence-corrected chi connectivity index (χ1v) is 5.88. The lowest BCUT2D eigenvalue weighted by Crippen LogP contribution is -2.09. The minimum atomic E-state index is -0.879. The molecular formula is C13H20O6. The minimum Gasteiger partial charge on any atom is -0.478 e. The van der Waals surface area contributed by atoms with E-state index in [0.29, 0.717) is 32.0 Å². The summed E-state index contributed by atoms with van der Waals surface area (Å²) in [6.45, 7) is 1.73. The Morgan fingerprint density at radius 2 is 1.37 bits per heavy atom. The van der Waals surface area contributed by atoms with Crippen molar-refractivity contribution in [3.8, 4) is 0 Å². The molecule has 0 saturated heterocycles. The largest absolute Gasteiger partial charge is 0.478 e. The van der Waals surface area contributed by atoms with Crippen molar-refractivity contribution in [3.63, 3.8) is 0 Å². The summed E-state index contributed by atoms with van der Waals surface area (Å²) in [5, 5.41) is 24.9. The summed E-state index contributed by atoms with van der Waals surface area (Å²) in [5.41, 5.74) is 0.331. The first-order chi connectivity index (χ1) is 9.22. The average Bonchev–Trinajstić information content (AvgIpc) is 2.44. The highest BCUT2D eigenvalue weighted by Crippen LogP contribution is 1.96. The maximum absolute atomic E-state index is 10.2. The Morgan fingerprint density at radius 3 is 1.68 bits per heavy atom. The van der Waals surface area contributed by atoms with E-state index in [-0.39, 0.29) is 13.2 Å². The second-order valence-electron chi connectivity index (χ2n) is 3.34. The molecule has 0 amide bonds. The summed E-state index contributed by atoms with van der Waals surface area (Å²) in [5.74, 6) is -0.879. The third kappa shape index (κ3) is 11.4. The maximum Gasteiger partial charge on any atom is 0.335 e. The molecule has 19 heavy (non-hydrogen) atoms. The topological polar surface area (TPSA) is 96.2 Å². The minimum absolute atomic E-state index is 0.0417. The Kier molecular flexibility index (Phi) is 12.0. The summed E-state index contributed by atoms with van der Waals surface area (Å²) in [6.07, 6.45) is 0. The van der Waals surface area contributed by atoms with E-state index in [1.807, 2.05) is 0 Å². The number of aliphatic hydroxyl groups is 2. The van der Waals surface area contributed by atoms with E-state index < -0.39 is 5.97 Å². The van der Waals surface area contributed by atoms with Crippen molar-refractivity contribution in [1.29, 1.82) is 0 Å². The highest BCUT2D eigenvalue weighted by molar-refractivity contribution is 5.87. The number of aromatic carboxylic acids is 1. The molecule has 0 aliphatic carbocycles. The van der Waals surface area contributed by atoms with Crippen molar-refractivity contribution in [1.82, 2.24) is 0 Å². The number of ether oxygens (including phenoxy) is 2. The molecule has 0 aromatic heterocycles. The molecule has 0 fully saturated rings. The van der Waals surface area contributed by atoms with Gasteiger partial charge in [0.2, 0.25) is 0 Å². The normalized spacial score (nSPS) is 9.58. The molecule has 0 unspecified atom stereocenters. The third-order valence-electron chi connectivity index (χ3n) is 1.86. The van der Waals surface area contributed by atoms with Crippen molar-refractivity contribution < 1.29 is 29.6 Å². The zero-order chi connectivity index (χ0) is 14.3. The van der Waals surface area contributed by atoms with Gasteiger partial charge in [-0.05, 0) is 12.1 Å². The molecule has 1 aromatic carbocycles. The van der Waals surface area contributed by atoms with Crippen LogP contribution in [0.25, 0.3) is 0 Å². The first kappa shape index (κ1) is 17.5. The predicted octanol–water partition coefficient (Wildman–Crippen LogP) is 0.389. The number of rotatable bonds is 8. The van der Waals surface area contributed by atoms with Crippen LogP contribution in [0, 0.1) is 0 Å². The van der Waals surface area contributed by atoms with E-state index >= 15 is 0 Å². The molecule has 0 spiro atoms. The number of benzene rings is 1. The number of aliphatic hydroxyl groups excluding tert-OH is 2. The predicted molar refractivity (Wildman–Crippen MR) is 69.2 cm³/mol. The monoisotopic (exact) mass is 272 g/mol. The van der Waals surface area contributed by atoms with Crippen molar-refractivity contribution >= 4 is 5.97 Å². The third-order valence-corrected chi connectivity index (χ3v) is 1.86. The van der Waals surface area contributed by atoms with Crippen LogP contribution in [0.5, 0.6) is 0 Å². The molecule has 1 aromatic rings. The van der Waals surface area contributed by atoms with Crippen LogP contribution in [0.15, 0.2) is 30.3 Å². The second-order valence-corrected chi connectivity index (χ2v) is 3.34. The number of hydrogen-bond acceptors (Lipinski definition) is 5. The molecule has 0 heterocycles. The highest BCUT2D eigenvalue weighted by atomic mass is 16.5. The molecule has 0 atom stereocenters. The van der Waals surface area contributed by atoms with Gasteiger partial charge in [0, 0.05) is 0 Å². The van der Waals surface area contributed by atoms with Crippen LogP contribution in [-0.4, -0.2) is 60.9 Å². The second kappa shape index (κ2) is 13.0. The summed E-state index contributed by atoms with van der Waals surface area (Å²) in [7, 11) is 0. The van der Waals surface area contributed by atoms with Gasteiger partial charge in [0.1, 0.15) is 0 Å². The van der Waals surface area contributed by atoms with Crippen molar-refractivity contribution in [2.45, 2.75) is 0 Å². The van der Waals surface area contributed by atoms with Crippen LogP contribution in [0.3, 0.4) is 0 Å². The fourth-order valence-corrected chi connectivity index (χ4v) is 1.03. The SMILES string of the molecule is O=C(O)c1ccccc1.OCCOCCOCCO. The van der Waals surface area contributed by atoms with Crippen LogP contribution < -0.4 is 0 Å². The zero-order valence-electron chi connectivity index (χ0n) is 10.7. The number of carboxylic acids is 1. The lowest BCUT2D eigenvalue weighted by Gasteiger charge is -2.01. The Hall–Kier alpha value is -1.47. The molecule has 108 valence electrons. The van der Waals surface area contributed by atoms with Crippen molar-refractivity contribution in [2.24, 2.45) is 0 Å². The van der Waals surface area contributed by atoms with E-state index in [2.05, 4.69) is 0 Å². The summed E-state index contributed by atoms with van der Waals surface area (Å²) < 4.78 is 9.75. The van der Waals surface area contributed by atoms with Gasteiger partial charge >= 0.3 is 5.97 Å². The van der Waals surface area contributed by atoms with Crippen LogP contribution in [0.1, 0.15) is 10.4 Å². The van der Waals surface area contributed by atoms with Crippen LogP contribution in [0.2, 0.25) is 0 Å². The van der Waals surface area contributed by atoms with Gasteiger partial charge in [-0.25, -0.2) is 4.79 Å². The quantitative estimate of drug-likeness (QED) is 0.592. The lowest BCUT2D eigenvalue weighted by molar-refractivity contribution is 0.0222. The van der Waals surface area contributed by atoms with Crippen LogP contribution in [0.4, 0.5) is 0 Å². The summed E-state index contributed by atoms with van der Waals surface area (Å²) >= 11 is 0. The number of carbonyl (C=O) groups is 1. The Morgan fingerprint density at radius 1 is 0.895 bits per heavy atom. The zero-order valence-corrected chi connectivity index (χ0v) is 10.7. The van der Waals surface area contributed by atoms with E-state index in [0.717, 1.165) is 0 Å². The van der Waals surface area contributed by atoms with E-state index in [9.17, 15) is 4.79 Å². The van der Waals surface area contributed by atoms with Crippen LogP contribution >= 0.6 is 0 Å². The Balaban J connectivity index is 0.000000342. The summed E-state index contributed by atoms with van der Waals surface area (Å²) in [6, 6.07) is 8.30. The van der Waals surface area contributed by atoms with Gasteiger partial charge in [-0.15, -0.1) is 0 Å². The van der Waals surface area contributed by atoms with Crippen molar-refractivity contribution in [3.05, 3.63) is 35.9 Å². The first-order valence-electron chi connectivity index (χ1n) is 5.88. The molecule has 0 radical (unpaired) electrons. The number of carboxylic acid groups (broad SMARTS) is 1. The molecule has 0 bridgehead atoms. The van der Waals surface area contributed by atoms with E-state index in [1.165, 1.54) is 0 Å². The van der Waals surface area contributed by atoms with Gasteiger partial charge in [0.05, 0.1) is 45.2 Å². The van der Waals surface area contributed by atoms with E-state index in [1.54, 1.807) is 30.3 Å². The molecule has 0 aliphatic rings. The van der Waals surface area contributed by atoms with Gasteiger partial charge < -0.3 is 24.8 Å². The van der Waals surface area contributed by atoms with Crippen molar-refractivity contribution in [2.75, 3.05) is 39.6 Å². The Labute approximate surface area is 112 Å². The van der Waals surface area contributed by atoms with Gasteiger partial charge in [0.25, 0.3) is 0 Å². The van der Waals surface area contributed by atoms with Gasteiger partial charge in [-0.3, -0.25) is 0 Å². The van der Waals surface area contributed by atoms with E-state index in [4.69, 9.17) is 24.8 Å². The van der Waals surface area contributed by atoms with Crippen LogP contribution in [-0.2, 0) is 9.47 Å². The molecule has 0 aliphatic heterocycles. The molecule has 3 N–H and O–H groups in total. The van der Waals surface area contributed by atoms with Gasteiger partial charge in [0.15, 0.2) is 0 Å². The number of hydrogen-bond donors (Lipinski definition) is 3. The highest BCUT2D eigenvalue weighted by Gasteiger charge is 1.96. The average molecular weight is 272 g/mol. The molecular weight excluding hydrogens is 252 g/mol. The smallest absolute Gasteiger partial charge is 0.335 e. The molecule has 6 nitrogen and oxygen atoms in total. The lowest BCUT2D eigenvalue weighted by atomic mass is 10.2. The standard InChI is InChI=1S/C7H6O2.C6H14O4/c8-7(9)6-4-2-1-3-5-6;7-1-3-9-5-6-10-4-2-8/h1-5H,(H,8,9);7-8H,1-6H2. The van der Waals surface area contributed by atoms with Gasteiger partial charge in [-0.2, -0.15) is 0 Å². The molecule has 6 heteroatoms. The Bertz CT molecular complexity index is 306.